The van der Waals surface area contributed by atoms with Crippen molar-refractivity contribution in [3.05, 3.63) is 63.2 Å². The number of carbonyl (C=O) groups excluding carboxylic acids is 2. The molecule has 0 heterocycles. The molecule has 0 aromatic heterocycles. The van der Waals surface area contributed by atoms with Crippen LogP contribution in [0.25, 0.3) is 0 Å². The van der Waals surface area contributed by atoms with Gasteiger partial charge in [0.15, 0.2) is 6.61 Å². The minimum Gasteiger partial charge on any atom is -0.452 e. The van der Waals surface area contributed by atoms with Gasteiger partial charge in [0.2, 0.25) is 0 Å². The predicted octanol–water partition coefficient (Wildman–Crippen LogP) is 2.59. The topological polar surface area (TPSA) is 125 Å². The van der Waals surface area contributed by atoms with Crippen molar-refractivity contribution in [1.29, 1.82) is 0 Å². The van der Waals surface area contributed by atoms with Crippen molar-refractivity contribution in [2.45, 2.75) is 13.8 Å². The van der Waals surface area contributed by atoms with Gasteiger partial charge in [0.1, 0.15) is 5.69 Å². The van der Waals surface area contributed by atoms with Crippen molar-refractivity contribution in [3.8, 4) is 0 Å². The molecule has 130 valence electrons. The highest BCUT2D eigenvalue weighted by atomic mass is 16.6. The number of carbonyl (C=O) groups is 2. The Morgan fingerprint density at radius 1 is 1.16 bits per heavy atom. The Morgan fingerprint density at radius 2 is 1.88 bits per heavy atom. The van der Waals surface area contributed by atoms with Gasteiger partial charge in [-0.25, -0.2) is 4.79 Å². The van der Waals surface area contributed by atoms with E-state index in [2.05, 4.69) is 5.32 Å². The number of nitro groups is 1. The summed E-state index contributed by atoms with van der Waals surface area (Å²) in [5.74, 6) is -1.36. The van der Waals surface area contributed by atoms with Crippen LogP contribution in [0.4, 0.5) is 17.1 Å². The zero-order chi connectivity index (χ0) is 18.6. The van der Waals surface area contributed by atoms with E-state index in [0.29, 0.717) is 5.69 Å². The molecule has 0 saturated heterocycles. The van der Waals surface area contributed by atoms with Crippen molar-refractivity contribution in [2.75, 3.05) is 17.7 Å². The number of nitrogens with zero attached hydrogens (tertiary/aromatic N) is 1. The van der Waals surface area contributed by atoms with Crippen LogP contribution in [0.15, 0.2) is 36.4 Å². The maximum atomic E-state index is 11.9. The molecule has 0 unspecified atom stereocenters. The molecule has 0 aliphatic carbocycles. The fourth-order valence-corrected chi connectivity index (χ4v) is 2.06. The molecule has 0 aliphatic rings. The summed E-state index contributed by atoms with van der Waals surface area (Å²) in [5, 5.41) is 13.4. The molecule has 25 heavy (non-hydrogen) atoms. The molecule has 0 radical (unpaired) electrons. The lowest BCUT2D eigenvalue weighted by atomic mass is 10.1. The second kappa shape index (κ2) is 7.43. The first-order valence-electron chi connectivity index (χ1n) is 7.36. The van der Waals surface area contributed by atoms with Gasteiger partial charge < -0.3 is 15.8 Å². The van der Waals surface area contributed by atoms with Gasteiger partial charge in [0.05, 0.1) is 10.5 Å². The van der Waals surface area contributed by atoms with Gasteiger partial charge >= 0.3 is 5.97 Å². The molecule has 0 aliphatic heterocycles. The number of amides is 1. The number of aryl methyl sites for hydroxylation is 2. The summed E-state index contributed by atoms with van der Waals surface area (Å²) in [7, 11) is 0. The Hall–Kier alpha value is -3.42. The molecule has 1 amide bonds. The van der Waals surface area contributed by atoms with Crippen LogP contribution in [0.2, 0.25) is 0 Å². The molecule has 0 bridgehead atoms. The Morgan fingerprint density at radius 3 is 2.52 bits per heavy atom. The number of esters is 1. The SMILES string of the molecule is Cc1ccc(NC(=O)COC(=O)c2ccc(N)c([N+](=O)[O-])c2)cc1C. The van der Waals surface area contributed by atoms with Crippen molar-refractivity contribution < 1.29 is 19.2 Å². The lowest BCUT2D eigenvalue weighted by Gasteiger charge is -2.08. The van der Waals surface area contributed by atoms with Gasteiger partial charge in [0.25, 0.3) is 11.6 Å². The highest BCUT2D eigenvalue weighted by Gasteiger charge is 2.17. The Labute approximate surface area is 143 Å². The largest absolute Gasteiger partial charge is 0.452 e. The summed E-state index contributed by atoms with van der Waals surface area (Å²) in [6.07, 6.45) is 0. The minimum absolute atomic E-state index is 0.0557. The number of nitro benzene ring substituents is 1. The number of hydrogen-bond acceptors (Lipinski definition) is 6. The predicted molar refractivity (Wildman–Crippen MR) is 92.3 cm³/mol. The number of nitrogens with two attached hydrogens (primary N) is 1. The third kappa shape index (κ3) is 4.54. The van der Waals surface area contributed by atoms with E-state index in [1.807, 2.05) is 19.9 Å². The lowest BCUT2D eigenvalue weighted by Crippen LogP contribution is -2.21. The van der Waals surface area contributed by atoms with Gasteiger partial charge in [-0.3, -0.25) is 14.9 Å². The molecule has 0 saturated carbocycles. The zero-order valence-corrected chi connectivity index (χ0v) is 13.7. The molecule has 3 N–H and O–H groups in total. The van der Waals surface area contributed by atoms with Crippen molar-refractivity contribution in [2.24, 2.45) is 0 Å². The van der Waals surface area contributed by atoms with Crippen LogP contribution in [0.3, 0.4) is 0 Å². The first-order valence-corrected chi connectivity index (χ1v) is 7.36. The van der Waals surface area contributed by atoms with E-state index in [4.69, 9.17) is 10.5 Å². The lowest BCUT2D eigenvalue weighted by molar-refractivity contribution is -0.383. The van der Waals surface area contributed by atoms with E-state index in [0.717, 1.165) is 17.2 Å². The fraction of sp³-hybridized carbons (Fsp3) is 0.176. The highest BCUT2D eigenvalue weighted by Crippen LogP contribution is 2.22. The summed E-state index contributed by atoms with van der Waals surface area (Å²) in [5.41, 5.74) is 7.65. The van der Waals surface area contributed by atoms with E-state index in [-0.39, 0.29) is 11.3 Å². The molecule has 0 fully saturated rings. The molecule has 0 atom stereocenters. The van der Waals surface area contributed by atoms with E-state index < -0.39 is 29.1 Å². The third-order valence-electron chi connectivity index (χ3n) is 3.59. The first-order chi connectivity index (χ1) is 11.8. The van der Waals surface area contributed by atoms with E-state index >= 15 is 0 Å². The Balaban J connectivity index is 1.97. The van der Waals surface area contributed by atoms with Crippen LogP contribution in [0.1, 0.15) is 21.5 Å². The molecule has 8 nitrogen and oxygen atoms in total. The molecule has 8 heteroatoms. The van der Waals surface area contributed by atoms with Crippen LogP contribution in [-0.2, 0) is 9.53 Å². The molecule has 2 aromatic rings. The molecule has 2 rings (SSSR count). The standard InChI is InChI=1S/C17H17N3O5/c1-10-3-5-13(7-11(10)2)19-16(21)9-25-17(22)12-4-6-14(18)15(8-12)20(23)24/h3-8H,9,18H2,1-2H3,(H,19,21). The highest BCUT2D eigenvalue weighted by molar-refractivity contribution is 5.96. The molecule has 2 aromatic carbocycles. The zero-order valence-electron chi connectivity index (χ0n) is 13.7. The normalized spacial score (nSPS) is 10.2. The van der Waals surface area contributed by atoms with Crippen molar-refractivity contribution in [3.63, 3.8) is 0 Å². The second-order valence-electron chi connectivity index (χ2n) is 5.45. The van der Waals surface area contributed by atoms with Crippen LogP contribution in [0.5, 0.6) is 0 Å². The van der Waals surface area contributed by atoms with Gasteiger partial charge in [-0.15, -0.1) is 0 Å². The number of ether oxygens (including phenoxy) is 1. The quantitative estimate of drug-likeness (QED) is 0.372. The molecule has 0 spiro atoms. The second-order valence-corrected chi connectivity index (χ2v) is 5.45. The molecular formula is C17H17N3O5. The molecular weight excluding hydrogens is 326 g/mol. The van der Waals surface area contributed by atoms with Crippen LogP contribution >= 0.6 is 0 Å². The van der Waals surface area contributed by atoms with Gasteiger partial charge in [0, 0.05) is 11.8 Å². The average molecular weight is 343 g/mol. The summed E-state index contributed by atoms with van der Waals surface area (Å²) in [6.45, 7) is 3.36. The number of anilines is 2. The maximum Gasteiger partial charge on any atom is 0.338 e. The fourth-order valence-electron chi connectivity index (χ4n) is 2.06. The summed E-state index contributed by atoms with van der Waals surface area (Å²) < 4.78 is 4.88. The monoisotopic (exact) mass is 343 g/mol. The average Bonchev–Trinajstić information content (AvgIpc) is 2.56. The summed E-state index contributed by atoms with van der Waals surface area (Å²) in [6, 6.07) is 8.96. The van der Waals surface area contributed by atoms with Gasteiger partial charge in [-0.05, 0) is 49.2 Å². The summed E-state index contributed by atoms with van der Waals surface area (Å²) in [4.78, 5) is 33.9. The number of rotatable bonds is 5. The van der Waals surface area contributed by atoms with E-state index in [1.165, 1.54) is 12.1 Å². The number of nitrogens with one attached hydrogen (secondary N) is 1. The number of hydrogen-bond donors (Lipinski definition) is 2. The Kier molecular flexibility index (Phi) is 5.33. The van der Waals surface area contributed by atoms with Gasteiger partial charge in [-0.1, -0.05) is 6.07 Å². The maximum absolute atomic E-state index is 11.9. The van der Waals surface area contributed by atoms with Crippen LogP contribution in [-0.4, -0.2) is 23.4 Å². The van der Waals surface area contributed by atoms with Crippen molar-refractivity contribution in [1.82, 2.24) is 0 Å². The first kappa shape index (κ1) is 17.9. The van der Waals surface area contributed by atoms with Crippen molar-refractivity contribution >= 4 is 28.9 Å². The third-order valence-corrected chi connectivity index (χ3v) is 3.59. The minimum atomic E-state index is -0.849. The summed E-state index contributed by atoms with van der Waals surface area (Å²) >= 11 is 0. The van der Waals surface area contributed by atoms with Crippen LogP contribution in [0, 0.1) is 24.0 Å². The Bertz CT molecular complexity index is 848. The van der Waals surface area contributed by atoms with Crippen LogP contribution < -0.4 is 11.1 Å². The van der Waals surface area contributed by atoms with Gasteiger partial charge in [-0.2, -0.15) is 0 Å². The number of benzene rings is 2. The van der Waals surface area contributed by atoms with E-state index in [1.54, 1.807) is 12.1 Å². The number of nitrogen functional groups attached to an aromatic ring is 1. The smallest absolute Gasteiger partial charge is 0.338 e. The van der Waals surface area contributed by atoms with E-state index in [9.17, 15) is 19.7 Å².